The van der Waals surface area contributed by atoms with Gasteiger partial charge in [-0.25, -0.2) is 12.8 Å². The van der Waals surface area contributed by atoms with Gasteiger partial charge in [0.2, 0.25) is 11.9 Å². The van der Waals surface area contributed by atoms with Crippen LogP contribution < -0.4 is 14.8 Å². The molecule has 2 aromatic rings. The molecule has 11 heteroatoms. The molecule has 0 spiro atoms. The number of benzene rings is 2. The van der Waals surface area contributed by atoms with E-state index in [0.29, 0.717) is 0 Å². The number of hydrogen-bond donors (Lipinski definition) is 2. The van der Waals surface area contributed by atoms with Crippen LogP contribution in [-0.4, -0.2) is 32.4 Å². The van der Waals surface area contributed by atoms with E-state index >= 15 is 0 Å². The van der Waals surface area contributed by atoms with Crippen LogP contribution in [0.15, 0.2) is 47.4 Å². The second kappa shape index (κ2) is 7.43. The van der Waals surface area contributed by atoms with Gasteiger partial charge in [-0.3, -0.25) is 19.6 Å². The third-order valence-electron chi connectivity index (χ3n) is 4.20. The van der Waals surface area contributed by atoms with Crippen molar-refractivity contribution in [2.45, 2.75) is 17.4 Å². The van der Waals surface area contributed by atoms with Crippen LogP contribution in [0.2, 0.25) is 0 Å². The number of nitrogens with zero attached hydrogens (tertiary/aromatic N) is 1. The van der Waals surface area contributed by atoms with Crippen LogP contribution in [0.3, 0.4) is 0 Å². The summed E-state index contributed by atoms with van der Waals surface area (Å²) in [5.41, 5.74) is 0.294. The third-order valence-corrected chi connectivity index (χ3v) is 5.58. The molecule has 0 bridgehead atoms. The summed E-state index contributed by atoms with van der Waals surface area (Å²) in [4.78, 5) is 22.1. The van der Waals surface area contributed by atoms with E-state index in [1.165, 1.54) is 25.3 Å². The Kier molecular flexibility index (Phi) is 5.18. The fourth-order valence-corrected chi connectivity index (χ4v) is 3.68. The molecule has 1 saturated carbocycles. The highest BCUT2D eigenvalue weighted by Gasteiger charge is 2.53. The molecule has 0 radical (unpaired) electrons. The van der Waals surface area contributed by atoms with Gasteiger partial charge < -0.3 is 10.1 Å². The van der Waals surface area contributed by atoms with Crippen LogP contribution in [0.1, 0.15) is 6.42 Å². The molecule has 9 nitrogen and oxygen atoms in total. The van der Waals surface area contributed by atoms with Gasteiger partial charge >= 0.3 is 0 Å². The number of methoxy groups -OCH3 is 1. The first kappa shape index (κ1) is 19.5. The minimum absolute atomic E-state index is 0.0475. The Balaban J connectivity index is 1.80. The van der Waals surface area contributed by atoms with Crippen molar-refractivity contribution in [3.63, 3.8) is 0 Å². The Labute approximate surface area is 159 Å². The van der Waals surface area contributed by atoms with E-state index < -0.39 is 38.6 Å². The van der Waals surface area contributed by atoms with Crippen LogP contribution in [-0.2, 0) is 14.8 Å². The van der Waals surface area contributed by atoms with Crippen LogP contribution >= 0.6 is 0 Å². The van der Waals surface area contributed by atoms with Gasteiger partial charge in [-0.15, -0.1) is 0 Å². The highest BCUT2D eigenvalue weighted by molar-refractivity contribution is 7.92. The van der Waals surface area contributed by atoms with E-state index in [2.05, 4.69) is 10.0 Å². The Morgan fingerprint density at radius 2 is 1.93 bits per heavy atom. The molecule has 0 aromatic heterocycles. The zero-order valence-corrected chi connectivity index (χ0v) is 15.4. The lowest BCUT2D eigenvalue weighted by Gasteiger charge is -2.14. The molecular formula is C17H16FN3O6S. The molecule has 2 N–H and O–H groups in total. The minimum Gasteiger partial charge on any atom is -0.495 e. The predicted octanol–water partition coefficient (Wildman–Crippen LogP) is 2.24. The predicted molar refractivity (Wildman–Crippen MR) is 97.7 cm³/mol. The van der Waals surface area contributed by atoms with Crippen LogP contribution in [0, 0.1) is 21.8 Å². The Morgan fingerprint density at radius 1 is 1.25 bits per heavy atom. The van der Waals surface area contributed by atoms with Gasteiger partial charge in [0.15, 0.2) is 0 Å². The fourth-order valence-electron chi connectivity index (χ4n) is 2.61. The average Bonchev–Trinajstić information content (AvgIpc) is 3.43. The summed E-state index contributed by atoms with van der Waals surface area (Å²) in [6.45, 7) is 0. The van der Waals surface area contributed by atoms with E-state index in [9.17, 15) is 27.7 Å². The molecular weight excluding hydrogens is 393 g/mol. The van der Waals surface area contributed by atoms with Crippen molar-refractivity contribution in [1.29, 1.82) is 0 Å². The lowest BCUT2D eigenvalue weighted by atomic mass is 10.2. The molecule has 0 saturated heterocycles. The molecule has 0 aliphatic heterocycles. The lowest BCUT2D eigenvalue weighted by Crippen LogP contribution is -2.19. The Bertz CT molecular complexity index is 1030. The topological polar surface area (TPSA) is 128 Å². The zero-order chi connectivity index (χ0) is 20.5. The highest BCUT2D eigenvalue weighted by atomic mass is 32.2. The number of amides is 1. The fraction of sp³-hybridized carbons (Fsp3) is 0.235. The number of nitrogens with one attached hydrogen (secondary N) is 2. The maximum Gasteiger partial charge on any atom is 0.262 e. The number of rotatable bonds is 7. The van der Waals surface area contributed by atoms with Gasteiger partial charge in [0.25, 0.3) is 10.0 Å². The normalized spacial score (nSPS) is 18.2. The second-order valence-corrected chi connectivity index (χ2v) is 7.84. The molecule has 3 rings (SSSR count). The number of carbonyl (C=O) groups is 1. The van der Waals surface area contributed by atoms with E-state index in [-0.39, 0.29) is 28.4 Å². The molecule has 1 aliphatic carbocycles. The molecule has 2 unspecified atom stereocenters. The van der Waals surface area contributed by atoms with Crippen molar-refractivity contribution in [2.75, 3.05) is 17.1 Å². The van der Waals surface area contributed by atoms with Crippen molar-refractivity contribution in [1.82, 2.24) is 0 Å². The molecule has 1 amide bonds. The van der Waals surface area contributed by atoms with Gasteiger partial charge in [-0.2, -0.15) is 0 Å². The molecule has 2 atom stereocenters. The van der Waals surface area contributed by atoms with E-state index in [0.717, 1.165) is 24.3 Å². The molecule has 0 heterocycles. The summed E-state index contributed by atoms with van der Waals surface area (Å²) in [6, 6.07) is 7.62. The lowest BCUT2D eigenvalue weighted by molar-refractivity contribution is -0.497. The summed E-state index contributed by atoms with van der Waals surface area (Å²) in [5, 5.41) is 13.2. The quantitative estimate of drug-likeness (QED) is 0.533. The van der Waals surface area contributed by atoms with E-state index in [4.69, 9.17) is 4.74 Å². The summed E-state index contributed by atoms with van der Waals surface area (Å²) >= 11 is 0. The number of anilines is 2. The van der Waals surface area contributed by atoms with Gasteiger partial charge in [0, 0.05) is 17.0 Å². The van der Waals surface area contributed by atoms with Crippen molar-refractivity contribution < 1.29 is 27.3 Å². The average molecular weight is 409 g/mol. The SMILES string of the molecule is COc1ccc(NC(=O)C2CC2[N+](=O)[O-])cc1NS(=O)(=O)c1ccc(F)cc1. The molecule has 1 aliphatic rings. The zero-order valence-electron chi connectivity index (χ0n) is 14.6. The highest BCUT2D eigenvalue weighted by Crippen LogP contribution is 2.35. The molecule has 2 aromatic carbocycles. The summed E-state index contributed by atoms with van der Waals surface area (Å²) in [7, 11) is -2.69. The standard InChI is InChI=1S/C17H16FN3O6S/c1-27-16-7-4-11(19-17(22)13-9-15(13)21(23)24)8-14(16)20-28(25,26)12-5-2-10(18)3-6-12/h2-8,13,15,20H,9H2,1H3,(H,19,22). The second-order valence-electron chi connectivity index (χ2n) is 6.16. The molecule has 1 fully saturated rings. The maximum absolute atomic E-state index is 13.0. The van der Waals surface area contributed by atoms with Crippen LogP contribution in [0.25, 0.3) is 0 Å². The number of carbonyl (C=O) groups excluding carboxylic acids is 1. The van der Waals surface area contributed by atoms with Gasteiger partial charge in [0.1, 0.15) is 17.5 Å². The van der Waals surface area contributed by atoms with Crippen molar-refractivity contribution >= 4 is 27.3 Å². The van der Waals surface area contributed by atoms with Gasteiger partial charge in [-0.1, -0.05) is 0 Å². The summed E-state index contributed by atoms with van der Waals surface area (Å²) < 4.78 is 45.5. The maximum atomic E-state index is 13.0. The van der Waals surface area contributed by atoms with Crippen molar-refractivity contribution in [3.8, 4) is 5.75 Å². The van der Waals surface area contributed by atoms with E-state index in [1.54, 1.807) is 0 Å². The molecule has 28 heavy (non-hydrogen) atoms. The number of sulfonamides is 1. The van der Waals surface area contributed by atoms with Gasteiger partial charge in [0.05, 0.1) is 17.7 Å². The smallest absolute Gasteiger partial charge is 0.262 e. The number of nitro groups is 1. The summed E-state index contributed by atoms with van der Waals surface area (Å²) in [5.74, 6) is -1.61. The largest absolute Gasteiger partial charge is 0.495 e. The number of hydrogen-bond acceptors (Lipinski definition) is 6. The Morgan fingerprint density at radius 3 is 2.50 bits per heavy atom. The first-order chi connectivity index (χ1) is 13.2. The first-order valence-corrected chi connectivity index (χ1v) is 9.60. The number of halogens is 1. The monoisotopic (exact) mass is 409 g/mol. The first-order valence-electron chi connectivity index (χ1n) is 8.12. The van der Waals surface area contributed by atoms with Crippen molar-refractivity contribution in [3.05, 3.63) is 58.4 Å². The van der Waals surface area contributed by atoms with Crippen molar-refractivity contribution in [2.24, 2.45) is 5.92 Å². The van der Waals surface area contributed by atoms with Crippen LogP contribution in [0.4, 0.5) is 15.8 Å². The van der Waals surface area contributed by atoms with E-state index in [1.807, 2.05) is 0 Å². The number of ether oxygens (including phenoxy) is 1. The minimum atomic E-state index is -4.03. The summed E-state index contributed by atoms with van der Waals surface area (Å²) in [6.07, 6.45) is 0.166. The third kappa shape index (κ3) is 4.19. The van der Waals surface area contributed by atoms with Crippen LogP contribution in [0.5, 0.6) is 5.75 Å². The Hall–Kier alpha value is -3.21. The van der Waals surface area contributed by atoms with Gasteiger partial charge in [-0.05, 0) is 42.5 Å². The molecule has 148 valence electrons.